The summed E-state index contributed by atoms with van der Waals surface area (Å²) in [5, 5.41) is 0. The molecule has 6 nitrogen and oxygen atoms in total. The summed E-state index contributed by atoms with van der Waals surface area (Å²) in [5.41, 5.74) is 1.33. The molecule has 2 aliphatic rings. The molecule has 144 valence electrons. The van der Waals surface area contributed by atoms with Crippen molar-refractivity contribution in [2.45, 2.75) is 31.8 Å². The molecule has 0 bridgehead atoms. The molecule has 27 heavy (non-hydrogen) atoms. The Morgan fingerprint density at radius 1 is 1.19 bits per heavy atom. The van der Waals surface area contributed by atoms with E-state index < -0.39 is 0 Å². The second kappa shape index (κ2) is 8.57. The van der Waals surface area contributed by atoms with Gasteiger partial charge in [0, 0.05) is 31.9 Å². The summed E-state index contributed by atoms with van der Waals surface area (Å²) in [6.45, 7) is 3.39. The van der Waals surface area contributed by atoms with E-state index >= 15 is 0 Å². The quantitative estimate of drug-likeness (QED) is 0.780. The number of hydrogen-bond acceptors (Lipinski definition) is 6. The van der Waals surface area contributed by atoms with E-state index in [9.17, 15) is 0 Å². The van der Waals surface area contributed by atoms with Gasteiger partial charge < -0.3 is 19.1 Å². The Morgan fingerprint density at radius 2 is 2.07 bits per heavy atom. The highest BCUT2D eigenvalue weighted by atomic mass is 16.6. The third kappa shape index (κ3) is 4.50. The van der Waals surface area contributed by atoms with E-state index in [1.807, 2.05) is 30.6 Å². The Hall–Kier alpha value is -2.34. The van der Waals surface area contributed by atoms with Gasteiger partial charge in [0.05, 0.1) is 20.3 Å². The van der Waals surface area contributed by atoms with Crippen LogP contribution in [0.25, 0.3) is 0 Å². The van der Waals surface area contributed by atoms with Crippen molar-refractivity contribution in [1.82, 2.24) is 9.97 Å². The number of anilines is 1. The minimum Gasteiger partial charge on any atom is -0.491 e. The van der Waals surface area contributed by atoms with Crippen molar-refractivity contribution in [3.8, 4) is 11.6 Å². The Balaban J connectivity index is 1.38. The summed E-state index contributed by atoms with van der Waals surface area (Å²) < 4.78 is 16.9. The lowest BCUT2D eigenvalue weighted by atomic mass is 9.91. The molecule has 0 unspecified atom stereocenters. The lowest BCUT2D eigenvalue weighted by Crippen LogP contribution is -2.35. The van der Waals surface area contributed by atoms with Gasteiger partial charge in [0.15, 0.2) is 5.75 Å². The second-order valence-electron chi connectivity index (χ2n) is 7.28. The molecule has 0 spiro atoms. The minimum atomic E-state index is 0.0619. The number of aromatic nitrogens is 2. The molecule has 0 radical (unpaired) electrons. The van der Waals surface area contributed by atoms with Gasteiger partial charge in [0.2, 0.25) is 0 Å². The first-order valence-corrected chi connectivity index (χ1v) is 9.75. The van der Waals surface area contributed by atoms with Gasteiger partial charge in [-0.25, -0.2) is 0 Å². The fourth-order valence-electron chi connectivity index (χ4n) is 3.82. The zero-order valence-electron chi connectivity index (χ0n) is 15.8. The molecule has 0 aliphatic carbocycles. The van der Waals surface area contributed by atoms with Gasteiger partial charge in [0.25, 0.3) is 5.88 Å². The smallest absolute Gasteiger partial charge is 0.259 e. The molecule has 4 heterocycles. The number of piperidine rings is 1. The molecule has 2 aromatic heterocycles. The van der Waals surface area contributed by atoms with Crippen LogP contribution in [0.3, 0.4) is 0 Å². The van der Waals surface area contributed by atoms with E-state index in [0.717, 1.165) is 51.2 Å². The zero-order valence-corrected chi connectivity index (χ0v) is 15.8. The van der Waals surface area contributed by atoms with E-state index in [1.54, 1.807) is 7.11 Å². The number of methoxy groups -OCH3 is 1. The predicted octanol–water partition coefficient (Wildman–Crippen LogP) is 3.11. The van der Waals surface area contributed by atoms with Crippen LogP contribution in [0, 0.1) is 5.92 Å². The molecular weight excluding hydrogens is 342 g/mol. The first-order chi connectivity index (χ1) is 13.3. The SMILES string of the molecule is COc1ccc(N2CCC(Cc3cccnc3)CC2)nc1O[C@@H]1CCOC1. The monoisotopic (exact) mass is 369 g/mol. The van der Waals surface area contributed by atoms with Crippen molar-refractivity contribution in [1.29, 1.82) is 0 Å². The van der Waals surface area contributed by atoms with Crippen molar-refractivity contribution in [3.05, 3.63) is 42.2 Å². The van der Waals surface area contributed by atoms with Crippen molar-refractivity contribution in [2.24, 2.45) is 5.92 Å². The highest BCUT2D eigenvalue weighted by molar-refractivity contribution is 5.47. The largest absolute Gasteiger partial charge is 0.491 e. The maximum atomic E-state index is 6.03. The molecule has 0 N–H and O–H groups in total. The molecule has 1 atom stereocenters. The second-order valence-corrected chi connectivity index (χ2v) is 7.28. The first kappa shape index (κ1) is 18.0. The topological polar surface area (TPSA) is 56.7 Å². The highest BCUT2D eigenvalue weighted by Gasteiger charge is 2.24. The summed E-state index contributed by atoms with van der Waals surface area (Å²) in [6, 6.07) is 8.16. The van der Waals surface area contributed by atoms with E-state index in [-0.39, 0.29) is 6.10 Å². The van der Waals surface area contributed by atoms with Gasteiger partial charge in [-0.2, -0.15) is 4.98 Å². The van der Waals surface area contributed by atoms with Crippen LogP contribution in [0.1, 0.15) is 24.8 Å². The number of nitrogens with zero attached hydrogens (tertiary/aromatic N) is 3. The van der Waals surface area contributed by atoms with Gasteiger partial charge in [-0.1, -0.05) is 6.07 Å². The standard InChI is InChI=1S/C21H27N3O3/c1-25-19-4-5-20(23-21(19)27-18-8-12-26-15-18)24-10-6-16(7-11-24)13-17-3-2-9-22-14-17/h2-5,9,14,16,18H,6-8,10-13,15H2,1H3/t18-/m1/s1. The maximum absolute atomic E-state index is 6.03. The molecule has 0 saturated carbocycles. The van der Waals surface area contributed by atoms with Crippen LogP contribution in [0.5, 0.6) is 11.6 Å². The molecular formula is C21H27N3O3. The van der Waals surface area contributed by atoms with Gasteiger partial charge in [0.1, 0.15) is 11.9 Å². The Morgan fingerprint density at radius 3 is 2.78 bits per heavy atom. The van der Waals surface area contributed by atoms with Crippen LogP contribution in [0.15, 0.2) is 36.7 Å². The van der Waals surface area contributed by atoms with Crippen molar-refractivity contribution in [2.75, 3.05) is 38.3 Å². The summed E-state index contributed by atoms with van der Waals surface area (Å²) in [4.78, 5) is 11.3. The molecule has 0 aromatic carbocycles. The van der Waals surface area contributed by atoms with Crippen molar-refractivity contribution < 1.29 is 14.2 Å². The molecule has 2 aliphatic heterocycles. The average Bonchev–Trinajstić information content (AvgIpc) is 3.22. The van der Waals surface area contributed by atoms with Crippen LogP contribution in [-0.4, -0.2) is 49.5 Å². The summed E-state index contributed by atoms with van der Waals surface area (Å²) in [6.07, 6.45) is 8.20. The van der Waals surface area contributed by atoms with Crippen molar-refractivity contribution in [3.63, 3.8) is 0 Å². The van der Waals surface area contributed by atoms with Gasteiger partial charge in [-0.3, -0.25) is 4.98 Å². The zero-order chi connectivity index (χ0) is 18.5. The Bertz CT molecular complexity index is 727. The highest BCUT2D eigenvalue weighted by Crippen LogP contribution is 2.32. The molecule has 2 fully saturated rings. The van der Waals surface area contributed by atoms with Crippen LogP contribution >= 0.6 is 0 Å². The van der Waals surface area contributed by atoms with Crippen LogP contribution in [-0.2, 0) is 11.2 Å². The first-order valence-electron chi connectivity index (χ1n) is 9.75. The number of ether oxygens (including phenoxy) is 3. The van der Waals surface area contributed by atoms with E-state index in [2.05, 4.69) is 16.0 Å². The van der Waals surface area contributed by atoms with Gasteiger partial charge >= 0.3 is 0 Å². The maximum Gasteiger partial charge on any atom is 0.259 e. The lowest BCUT2D eigenvalue weighted by molar-refractivity contribution is 0.135. The number of hydrogen-bond donors (Lipinski definition) is 0. The molecule has 2 saturated heterocycles. The number of pyridine rings is 2. The molecule has 4 rings (SSSR count). The summed E-state index contributed by atoms with van der Waals surface area (Å²) >= 11 is 0. The van der Waals surface area contributed by atoms with E-state index in [0.29, 0.717) is 24.2 Å². The fraction of sp³-hybridized carbons (Fsp3) is 0.524. The lowest BCUT2D eigenvalue weighted by Gasteiger charge is -2.33. The molecule has 2 aromatic rings. The van der Waals surface area contributed by atoms with Crippen LogP contribution < -0.4 is 14.4 Å². The van der Waals surface area contributed by atoms with Crippen molar-refractivity contribution >= 4 is 5.82 Å². The van der Waals surface area contributed by atoms with E-state index in [1.165, 1.54) is 5.56 Å². The molecule has 0 amide bonds. The Labute approximate surface area is 160 Å². The predicted molar refractivity (Wildman–Crippen MR) is 104 cm³/mol. The van der Waals surface area contributed by atoms with Gasteiger partial charge in [-0.15, -0.1) is 0 Å². The normalized spacial score (nSPS) is 20.6. The van der Waals surface area contributed by atoms with E-state index in [4.69, 9.17) is 19.2 Å². The third-order valence-corrected chi connectivity index (χ3v) is 5.38. The third-order valence-electron chi connectivity index (χ3n) is 5.38. The minimum absolute atomic E-state index is 0.0619. The Kier molecular flexibility index (Phi) is 5.72. The fourth-order valence-corrected chi connectivity index (χ4v) is 3.82. The summed E-state index contributed by atoms with van der Waals surface area (Å²) in [5.74, 6) is 2.92. The molecule has 6 heteroatoms. The summed E-state index contributed by atoms with van der Waals surface area (Å²) in [7, 11) is 1.65. The van der Waals surface area contributed by atoms with Gasteiger partial charge in [-0.05, 0) is 48.9 Å². The number of rotatable bonds is 6. The van der Waals surface area contributed by atoms with Crippen LogP contribution in [0.4, 0.5) is 5.82 Å². The van der Waals surface area contributed by atoms with Crippen LogP contribution in [0.2, 0.25) is 0 Å². The average molecular weight is 369 g/mol.